The van der Waals surface area contributed by atoms with Gasteiger partial charge in [-0.05, 0) is 30.7 Å². The van der Waals surface area contributed by atoms with Gasteiger partial charge in [-0.25, -0.2) is 4.39 Å². The monoisotopic (exact) mass is 345 g/mol. The summed E-state index contributed by atoms with van der Waals surface area (Å²) in [5.74, 6) is 0.548. The first-order valence-electron chi connectivity index (χ1n) is 7.53. The van der Waals surface area contributed by atoms with Crippen molar-refractivity contribution in [1.29, 1.82) is 0 Å². The number of amides is 1. The zero-order chi connectivity index (χ0) is 17.1. The highest BCUT2D eigenvalue weighted by molar-refractivity contribution is 7.16. The third kappa shape index (κ3) is 3.68. The molecule has 0 atom stereocenters. The second kappa shape index (κ2) is 6.92. The summed E-state index contributed by atoms with van der Waals surface area (Å²) in [6, 6.07) is 7.85. The van der Waals surface area contributed by atoms with Gasteiger partial charge in [-0.3, -0.25) is 4.79 Å². The summed E-state index contributed by atoms with van der Waals surface area (Å²) in [5, 5.41) is 6.79. The SMILES string of the molecule is CCc1nc(-c2cc(NC(=O)Cc3cccc(F)c3)c(C)s2)no1. The van der Waals surface area contributed by atoms with Crippen LogP contribution in [0.4, 0.5) is 10.1 Å². The van der Waals surface area contributed by atoms with E-state index in [0.29, 0.717) is 29.4 Å². The molecule has 2 heterocycles. The quantitative estimate of drug-likeness (QED) is 0.759. The minimum atomic E-state index is -0.349. The van der Waals surface area contributed by atoms with Gasteiger partial charge >= 0.3 is 0 Å². The fourth-order valence-electron chi connectivity index (χ4n) is 2.24. The van der Waals surface area contributed by atoms with Crippen molar-refractivity contribution in [1.82, 2.24) is 10.1 Å². The van der Waals surface area contributed by atoms with E-state index >= 15 is 0 Å². The second-order valence-corrected chi connectivity index (χ2v) is 6.56. The number of carbonyl (C=O) groups excluding carboxylic acids is 1. The summed E-state index contributed by atoms with van der Waals surface area (Å²) >= 11 is 1.48. The first-order valence-corrected chi connectivity index (χ1v) is 8.34. The van der Waals surface area contributed by atoms with Crippen LogP contribution in [0.2, 0.25) is 0 Å². The second-order valence-electron chi connectivity index (χ2n) is 5.30. The highest BCUT2D eigenvalue weighted by Crippen LogP contribution is 2.32. The van der Waals surface area contributed by atoms with Gasteiger partial charge in [-0.1, -0.05) is 24.2 Å². The minimum Gasteiger partial charge on any atom is -0.339 e. The summed E-state index contributed by atoms with van der Waals surface area (Å²) in [7, 11) is 0. The molecule has 7 heteroatoms. The van der Waals surface area contributed by atoms with Crippen molar-refractivity contribution in [3.8, 4) is 10.7 Å². The van der Waals surface area contributed by atoms with Crippen molar-refractivity contribution in [3.63, 3.8) is 0 Å². The first-order chi connectivity index (χ1) is 11.5. The lowest BCUT2D eigenvalue weighted by Gasteiger charge is -2.04. The summed E-state index contributed by atoms with van der Waals surface area (Å²) in [6.07, 6.45) is 0.791. The number of anilines is 1. The van der Waals surface area contributed by atoms with Gasteiger partial charge in [0.1, 0.15) is 5.82 Å². The fraction of sp³-hybridized carbons (Fsp3) is 0.235. The normalized spacial score (nSPS) is 10.8. The Morgan fingerprint density at radius 1 is 1.38 bits per heavy atom. The van der Waals surface area contributed by atoms with Gasteiger partial charge < -0.3 is 9.84 Å². The molecule has 3 rings (SSSR count). The lowest BCUT2D eigenvalue weighted by molar-refractivity contribution is -0.115. The smallest absolute Gasteiger partial charge is 0.228 e. The first kappa shape index (κ1) is 16.3. The molecular formula is C17H16FN3O2S. The molecule has 1 N–H and O–H groups in total. The maximum Gasteiger partial charge on any atom is 0.228 e. The van der Waals surface area contributed by atoms with Crippen LogP contribution in [-0.4, -0.2) is 16.0 Å². The van der Waals surface area contributed by atoms with Crippen LogP contribution in [0.1, 0.15) is 23.3 Å². The van der Waals surface area contributed by atoms with Gasteiger partial charge in [-0.15, -0.1) is 11.3 Å². The Morgan fingerprint density at radius 3 is 2.92 bits per heavy atom. The number of halogens is 1. The molecule has 0 saturated heterocycles. The Bertz CT molecular complexity index is 872. The van der Waals surface area contributed by atoms with Crippen LogP contribution in [0.3, 0.4) is 0 Å². The van der Waals surface area contributed by atoms with Gasteiger partial charge in [0.25, 0.3) is 0 Å². The lowest BCUT2D eigenvalue weighted by Crippen LogP contribution is -2.14. The van der Waals surface area contributed by atoms with E-state index in [1.54, 1.807) is 12.1 Å². The van der Waals surface area contributed by atoms with Crippen molar-refractivity contribution >= 4 is 22.9 Å². The van der Waals surface area contributed by atoms with Crippen LogP contribution >= 0.6 is 11.3 Å². The maximum absolute atomic E-state index is 13.2. The molecule has 0 radical (unpaired) electrons. The van der Waals surface area contributed by atoms with Gasteiger partial charge in [0, 0.05) is 11.3 Å². The zero-order valence-corrected chi connectivity index (χ0v) is 14.1. The highest BCUT2D eigenvalue weighted by Gasteiger charge is 2.14. The molecule has 1 aromatic carbocycles. The van der Waals surface area contributed by atoms with E-state index < -0.39 is 0 Å². The molecule has 124 valence electrons. The number of aryl methyl sites for hydroxylation is 2. The molecule has 0 unspecified atom stereocenters. The molecule has 24 heavy (non-hydrogen) atoms. The molecule has 3 aromatic rings. The zero-order valence-electron chi connectivity index (χ0n) is 13.3. The molecule has 5 nitrogen and oxygen atoms in total. The number of rotatable bonds is 5. The van der Waals surface area contributed by atoms with Crippen LogP contribution in [0.15, 0.2) is 34.9 Å². The fourth-order valence-corrected chi connectivity index (χ4v) is 3.14. The lowest BCUT2D eigenvalue weighted by atomic mass is 10.1. The summed E-state index contributed by atoms with van der Waals surface area (Å²) in [6.45, 7) is 3.85. The number of benzene rings is 1. The standard InChI is InChI=1S/C17H16FN3O2S/c1-3-16-20-17(21-23-16)14-9-13(10(2)24-14)19-15(22)8-11-5-4-6-12(18)7-11/h4-7,9H,3,8H2,1-2H3,(H,19,22). The van der Waals surface area contributed by atoms with Crippen LogP contribution < -0.4 is 5.32 Å². The van der Waals surface area contributed by atoms with Crippen LogP contribution in [0.25, 0.3) is 10.7 Å². The largest absolute Gasteiger partial charge is 0.339 e. The Morgan fingerprint density at radius 2 is 2.21 bits per heavy atom. The van der Waals surface area contributed by atoms with Crippen LogP contribution in [-0.2, 0) is 17.6 Å². The topological polar surface area (TPSA) is 68.0 Å². The summed E-state index contributed by atoms with van der Waals surface area (Å²) in [5.41, 5.74) is 1.34. The number of carbonyl (C=O) groups is 1. The van der Waals surface area contributed by atoms with E-state index in [1.165, 1.54) is 23.5 Å². The van der Waals surface area contributed by atoms with Gasteiger partial charge in [0.2, 0.25) is 17.6 Å². The Labute approximate surface area is 142 Å². The van der Waals surface area contributed by atoms with Gasteiger partial charge in [0.05, 0.1) is 17.0 Å². The molecule has 0 aliphatic heterocycles. The van der Waals surface area contributed by atoms with Crippen molar-refractivity contribution in [3.05, 3.63) is 52.5 Å². The van der Waals surface area contributed by atoms with Crippen molar-refractivity contribution in [2.24, 2.45) is 0 Å². The average Bonchev–Trinajstić information content (AvgIpc) is 3.14. The highest BCUT2D eigenvalue weighted by atomic mass is 32.1. The average molecular weight is 345 g/mol. The molecule has 0 aliphatic rings. The van der Waals surface area contributed by atoms with E-state index in [1.807, 2.05) is 19.9 Å². The number of nitrogens with one attached hydrogen (secondary N) is 1. The van der Waals surface area contributed by atoms with E-state index in [0.717, 1.165) is 9.75 Å². The molecule has 0 spiro atoms. The Hall–Kier alpha value is -2.54. The number of hydrogen-bond acceptors (Lipinski definition) is 5. The predicted molar refractivity (Wildman–Crippen MR) is 90.5 cm³/mol. The molecule has 1 amide bonds. The molecule has 0 bridgehead atoms. The molecule has 0 fully saturated rings. The van der Waals surface area contributed by atoms with Crippen LogP contribution in [0, 0.1) is 12.7 Å². The number of hydrogen-bond donors (Lipinski definition) is 1. The number of thiophene rings is 1. The van der Waals surface area contributed by atoms with Gasteiger partial charge in [-0.2, -0.15) is 4.98 Å². The van der Waals surface area contributed by atoms with Crippen molar-refractivity contribution in [2.75, 3.05) is 5.32 Å². The van der Waals surface area contributed by atoms with Crippen molar-refractivity contribution < 1.29 is 13.7 Å². The van der Waals surface area contributed by atoms with E-state index in [2.05, 4.69) is 15.5 Å². The minimum absolute atomic E-state index is 0.116. The van der Waals surface area contributed by atoms with Crippen molar-refractivity contribution in [2.45, 2.75) is 26.7 Å². The predicted octanol–water partition coefficient (Wildman–Crippen LogP) is 3.99. The maximum atomic E-state index is 13.2. The van der Waals surface area contributed by atoms with E-state index in [-0.39, 0.29) is 18.1 Å². The Kier molecular flexibility index (Phi) is 4.71. The number of nitrogens with zero attached hydrogens (tertiary/aromatic N) is 2. The number of aromatic nitrogens is 2. The third-order valence-corrected chi connectivity index (χ3v) is 4.48. The molecular weight excluding hydrogens is 329 g/mol. The summed E-state index contributed by atoms with van der Waals surface area (Å²) in [4.78, 5) is 18.2. The molecule has 2 aromatic heterocycles. The van der Waals surface area contributed by atoms with Crippen LogP contribution in [0.5, 0.6) is 0 Å². The van der Waals surface area contributed by atoms with E-state index in [9.17, 15) is 9.18 Å². The summed E-state index contributed by atoms with van der Waals surface area (Å²) < 4.78 is 18.3. The Balaban J connectivity index is 1.72. The van der Waals surface area contributed by atoms with Gasteiger partial charge in [0.15, 0.2) is 0 Å². The molecule has 0 aliphatic carbocycles. The molecule has 0 saturated carbocycles. The third-order valence-electron chi connectivity index (χ3n) is 3.44. The van der Waals surface area contributed by atoms with E-state index in [4.69, 9.17) is 4.52 Å².